The fraction of sp³-hybridized carbons (Fsp3) is 0.364. The van der Waals surface area contributed by atoms with Crippen molar-refractivity contribution in [2.45, 2.75) is 13.3 Å². The fourth-order valence-electron chi connectivity index (χ4n) is 1.13. The van der Waals surface area contributed by atoms with Crippen LogP contribution in [0.25, 0.3) is 0 Å². The first-order chi connectivity index (χ1) is 7.26. The molecule has 0 spiro atoms. The molecular formula is C11H15NO3. The van der Waals surface area contributed by atoms with Crippen LogP contribution in [-0.4, -0.2) is 24.2 Å². The van der Waals surface area contributed by atoms with Crippen LogP contribution in [0.3, 0.4) is 0 Å². The van der Waals surface area contributed by atoms with Crippen LogP contribution in [0, 0.1) is 0 Å². The topological polar surface area (TPSA) is 58.6 Å². The van der Waals surface area contributed by atoms with E-state index in [0.29, 0.717) is 12.3 Å². The first-order valence-corrected chi connectivity index (χ1v) is 4.90. The molecule has 2 N–H and O–H groups in total. The Morgan fingerprint density at radius 2 is 2.07 bits per heavy atom. The Morgan fingerprint density at radius 1 is 1.40 bits per heavy atom. The maximum atomic E-state index is 11.1. The molecule has 0 heterocycles. The van der Waals surface area contributed by atoms with Gasteiger partial charge in [0.15, 0.2) is 0 Å². The molecule has 0 fully saturated rings. The van der Waals surface area contributed by atoms with Crippen LogP contribution in [0.15, 0.2) is 24.3 Å². The number of carbonyl (C=O) groups excluding carboxylic acids is 1. The predicted octanol–water partition coefficient (Wildman–Crippen LogP) is 1.41. The number of amides is 1. The average molecular weight is 209 g/mol. The van der Waals surface area contributed by atoms with E-state index in [1.165, 1.54) is 0 Å². The molecule has 4 heteroatoms. The van der Waals surface area contributed by atoms with Gasteiger partial charge >= 0.3 is 0 Å². The molecule has 0 saturated heterocycles. The molecule has 0 radical (unpaired) electrons. The Bertz CT molecular complexity index is 308. The van der Waals surface area contributed by atoms with Crippen molar-refractivity contribution in [1.29, 1.82) is 0 Å². The zero-order valence-corrected chi connectivity index (χ0v) is 8.69. The summed E-state index contributed by atoms with van der Waals surface area (Å²) in [5, 5.41) is 11.2. The molecule has 4 nitrogen and oxygen atoms in total. The minimum Gasteiger partial charge on any atom is -0.494 e. The van der Waals surface area contributed by atoms with Crippen LogP contribution >= 0.6 is 0 Å². The van der Waals surface area contributed by atoms with Gasteiger partial charge in [-0.25, -0.2) is 0 Å². The van der Waals surface area contributed by atoms with Crippen molar-refractivity contribution in [3.05, 3.63) is 24.3 Å². The number of aliphatic hydroxyl groups excluding tert-OH is 1. The van der Waals surface area contributed by atoms with Crippen molar-refractivity contribution in [3.63, 3.8) is 0 Å². The Balaban J connectivity index is 2.52. The highest BCUT2D eigenvalue weighted by Crippen LogP contribution is 2.15. The third kappa shape index (κ3) is 3.99. The van der Waals surface area contributed by atoms with Gasteiger partial charge in [0.1, 0.15) is 5.75 Å². The molecule has 1 rings (SSSR count). The van der Waals surface area contributed by atoms with Gasteiger partial charge in [0.25, 0.3) is 0 Å². The molecular weight excluding hydrogens is 194 g/mol. The van der Waals surface area contributed by atoms with Crippen molar-refractivity contribution >= 4 is 11.6 Å². The number of hydrogen-bond acceptors (Lipinski definition) is 3. The zero-order chi connectivity index (χ0) is 11.1. The van der Waals surface area contributed by atoms with Gasteiger partial charge < -0.3 is 15.2 Å². The Hall–Kier alpha value is -1.55. The van der Waals surface area contributed by atoms with E-state index in [0.717, 1.165) is 5.75 Å². The highest BCUT2D eigenvalue weighted by atomic mass is 16.5. The standard InChI is InChI=1S/C11H15NO3/c1-2-15-10-5-3-9(4-6-10)12-11(14)7-8-13/h3-6,13H,2,7-8H2,1H3,(H,12,14). The number of aliphatic hydroxyl groups is 1. The number of benzene rings is 1. The van der Waals surface area contributed by atoms with Crippen LogP contribution in [0.2, 0.25) is 0 Å². The van der Waals surface area contributed by atoms with Crippen LogP contribution in [-0.2, 0) is 4.79 Å². The fourth-order valence-corrected chi connectivity index (χ4v) is 1.13. The van der Waals surface area contributed by atoms with Crippen LogP contribution in [0.5, 0.6) is 5.75 Å². The van der Waals surface area contributed by atoms with E-state index in [4.69, 9.17) is 9.84 Å². The molecule has 15 heavy (non-hydrogen) atoms. The SMILES string of the molecule is CCOc1ccc(NC(=O)CCO)cc1. The highest BCUT2D eigenvalue weighted by Gasteiger charge is 2.00. The van der Waals surface area contributed by atoms with E-state index in [-0.39, 0.29) is 18.9 Å². The minimum atomic E-state index is -0.193. The summed E-state index contributed by atoms with van der Waals surface area (Å²) in [6, 6.07) is 7.11. The summed E-state index contributed by atoms with van der Waals surface area (Å²) in [4.78, 5) is 11.1. The molecule has 82 valence electrons. The zero-order valence-electron chi connectivity index (χ0n) is 8.69. The second-order valence-corrected chi connectivity index (χ2v) is 2.98. The quantitative estimate of drug-likeness (QED) is 0.770. The van der Waals surface area contributed by atoms with E-state index in [1.807, 2.05) is 6.92 Å². The van der Waals surface area contributed by atoms with Gasteiger partial charge in [0, 0.05) is 5.69 Å². The summed E-state index contributed by atoms with van der Waals surface area (Å²) in [7, 11) is 0. The highest BCUT2D eigenvalue weighted by molar-refractivity contribution is 5.90. The lowest BCUT2D eigenvalue weighted by Gasteiger charge is -2.06. The molecule has 0 saturated carbocycles. The van der Waals surface area contributed by atoms with E-state index in [1.54, 1.807) is 24.3 Å². The van der Waals surface area contributed by atoms with Gasteiger partial charge in [0.05, 0.1) is 19.6 Å². The number of hydrogen-bond donors (Lipinski definition) is 2. The monoisotopic (exact) mass is 209 g/mol. The maximum absolute atomic E-state index is 11.1. The van der Waals surface area contributed by atoms with Gasteiger partial charge in [-0.3, -0.25) is 4.79 Å². The average Bonchev–Trinajstić information content (AvgIpc) is 2.22. The summed E-state index contributed by atoms with van der Waals surface area (Å²) < 4.78 is 5.26. The lowest BCUT2D eigenvalue weighted by Crippen LogP contribution is -2.12. The summed E-state index contributed by atoms with van der Waals surface area (Å²) in [5.41, 5.74) is 0.705. The van der Waals surface area contributed by atoms with E-state index in [2.05, 4.69) is 5.32 Å². The lowest BCUT2D eigenvalue weighted by atomic mass is 10.3. The predicted molar refractivity (Wildman–Crippen MR) is 57.9 cm³/mol. The largest absolute Gasteiger partial charge is 0.494 e. The smallest absolute Gasteiger partial charge is 0.226 e. The van der Waals surface area contributed by atoms with Crippen LogP contribution in [0.4, 0.5) is 5.69 Å². The van der Waals surface area contributed by atoms with Gasteiger partial charge in [-0.1, -0.05) is 0 Å². The van der Waals surface area contributed by atoms with Gasteiger partial charge in [-0.15, -0.1) is 0 Å². The Morgan fingerprint density at radius 3 is 2.60 bits per heavy atom. The van der Waals surface area contributed by atoms with Gasteiger partial charge in [-0.2, -0.15) is 0 Å². The molecule has 1 amide bonds. The molecule has 0 aliphatic carbocycles. The van der Waals surface area contributed by atoms with E-state index in [9.17, 15) is 4.79 Å². The Kier molecular flexibility index (Phi) is 4.63. The molecule has 0 atom stereocenters. The molecule has 0 bridgehead atoms. The van der Waals surface area contributed by atoms with Crippen molar-refractivity contribution < 1.29 is 14.6 Å². The number of nitrogens with one attached hydrogen (secondary N) is 1. The minimum absolute atomic E-state index is 0.118. The molecule has 0 aromatic heterocycles. The number of ether oxygens (including phenoxy) is 1. The molecule has 0 unspecified atom stereocenters. The lowest BCUT2D eigenvalue weighted by molar-refractivity contribution is -0.116. The van der Waals surface area contributed by atoms with E-state index < -0.39 is 0 Å². The van der Waals surface area contributed by atoms with Crippen molar-refractivity contribution in [1.82, 2.24) is 0 Å². The molecule has 1 aromatic rings. The van der Waals surface area contributed by atoms with Crippen molar-refractivity contribution in [3.8, 4) is 5.75 Å². The summed E-state index contributed by atoms with van der Waals surface area (Å²) >= 11 is 0. The first-order valence-electron chi connectivity index (χ1n) is 4.90. The molecule has 1 aromatic carbocycles. The second-order valence-electron chi connectivity index (χ2n) is 2.98. The third-order valence-electron chi connectivity index (χ3n) is 1.79. The van der Waals surface area contributed by atoms with Crippen LogP contribution < -0.4 is 10.1 Å². The number of anilines is 1. The van der Waals surface area contributed by atoms with Crippen molar-refractivity contribution in [2.75, 3.05) is 18.5 Å². The van der Waals surface area contributed by atoms with E-state index >= 15 is 0 Å². The summed E-state index contributed by atoms with van der Waals surface area (Å²) in [5.74, 6) is 0.583. The van der Waals surface area contributed by atoms with Gasteiger partial charge in [0.2, 0.25) is 5.91 Å². The summed E-state index contributed by atoms with van der Waals surface area (Å²) in [6.07, 6.45) is 0.118. The first kappa shape index (κ1) is 11.5. The molecule has 0 aliphatic rings. The van der Waals surface area contributed by atoms with Crippen LogP contribution in [0.1, 0.15) is 13.3 Å². The Labute approximate surface area is 88.9 Å². The number of carbonyl (C=O) groups is 1. The number of rotatable bonds is 5. The second kappa shape index (κ2) is 6.03. The normalized spacial score (nSPS) is 9.73. The van der Waals surface area contributed by atoms with Gasteiger partial charge in [-0.05, 0) is 31.2 Å². The van der Waals surface area contributed by atoms with Crippen molar-refractivity contribution in [2.24, 2.45) is 0 Å². The summed E-state index contributed by atoms with van der Waals surface area (Å²) in [6.45, 7) is 2.40. The maximum Gasteiger partial charge on any atom is 0.226 e. The third-order valence-corrected chi connectivity index (χ3v) is 1.79. The molecule has 0 aliphatic heterocycles.